The molecule has 0 saturated carbocycles. The molecule has 3 nitrogen and oxygen atoms in total. The molecule has 1 rings (SSSR count). The summed E-state index contributed by atoms with van der Waals surface area (Å²) in [7, 11) is -1.61. The van der Waals surface area contributed by atoms with E-state index in [-0.39, 0.29) is 5.67 Å². The Kier molecular flexibility index (Phi) is 6.14. The maximum atomic E-state index is 5.67. The van der Waals surface area contributed by atoms with Gasteiger partial charge in [-0.1, -0.05) is 18.2 Å². The average molecular weight is 239 g/mol. The smallest absolute Gasteiger partial charge is 0.344 e. The van der Waals surface area contributed by atoms with Gasteiger partial charge in [0.25, 0.3) is 0 Å². The molecule has 1 aromatic rings. The molecule has 0 aromatic heterocycles. The second kappa shape index (κ2) is 7.43. The van der Waals surface area contributed by atoms with Gasteiger partial charge >= 0.3 is 9.28 Å². The first-order chi connectivity index (χ1) is 7.77. The monoisotopic (exact) mass is 239 g/mol. The van der Waals surface area contributed by atoms with Crippen molar-refractivity contribution in [2.45, 2.75) is 26.4 Å². The Morgan fingerprint density at radius 1 is 1.12 bits per heavy atom. The van der Waals surface area contributed by atoms with Gasteiger partial charge in [-0.3, -0.25) is 0 Å². The summed E-state index contributed by atoms with van der Waals surface area (Å²) in [6.45, 7) is 7.58. The molecule has 0 heterocycles. The van der Waals surface area contributed by atoms with E-state index in [0.717, 1.165) is 18.9 Å². The Morgan fingerprint density at radius 3 is 2.19 bits per heavy atom. The van der Waals surface area contributed by atoms with Crippen LogP contribution < -0.4 is 5.32 Å². The van der Waals surface area contributed by atoms with Crippen LogP contribution in [0, 0.1) is 0 Å². The molecule has 1 aromatic carbocycles. The van der Waals surface area contributed by atoms with Crippen LogP contribution in [0.15, 0.2) is 30.3 Å². The van der Waals surface area contributed by atoms with Gasteiger partial charge in [0.15, 0.2) is 0 Å². The van der Waals surface area contributed by atoms with Crippen molar-refractivity contribution >= 4 is 15.0 Å². The number of anilines is 1. The molecule has 1 atom stereocenters. The topological polar surface area (TPSA) is 30.5 Å². The molecule has 0 spiro atoms. The third kappa shape index (κ3) is 4.34. The highest BCUT2D eigenvalue weighted by molar-refractivity contribution is 6.47. The Hall–Kier alpha value is -0.843. The van der Waals surface area contributed by atoms with Crippen LogP contribution >= 0.6 is 0 Å². The van der Waals surface area contributed by atoms with Crippen LogP contribution in [-0.4, -0.2) is 28.2 Å². The number of hydrogen-bond donors (Lipinski definition) is 1. The second-order valence-corrected chi connectivity index (χ2v) is 5.98. The minimum Gasteiger partial charge on any atom is -0.396 e. The van der Waals surface area contributed by atoms with E-state index in [1.807, 2.05) is 32.0 Å². The molecule has 0 aliphatic rings. The SMILES string of the molecule is CCO[SiH](OCC)C(C)Nc1ccccc1. The molecule has 16 heavy (non-hydrogen) atoms. The first-order valence-corrected chi connectivity index (χ1v) is 7.43. The number of rotatable bonds is 7. The van der Waals surface area contributed by atoms with Crippen LogP contribution in [0.3, 0.4) is 0 Å². The van der Waals surface area contributed by atoms with E-state index in [1.165, 1.54) is 0 Å². The van der Waals surface area contributed by atoms with Crippen molar-refractivity contribution in [2.24, 2.45) is 0 Å². The third-order valence-electron chi connectivity index (χ3n) is 2.24. The van der Waals surface area contributed by atoms with E-state index in [1.54, 1.807) is 0 Å². The number of hydrogen-bond acceptors (Lipinski definition) is 3. The lowest BCUT2D eigenvalue weighted by molar-refractivity contribution is 0.208. The number of para-hydroxylation sites is 1. The maximum Gasteiger partial charge on any atom is 0.344 e. The average Bonchev–Trinajstić information content (AvgIpc) is 2.30. The van der Waals surface area contributed by atoms with Crippen LogP contribution in [0.25, 0.3) is 0 Å². The van der Waals surface area contributed by atoms with Crippen molar-refractivity contribution in [1.82, 2.24) is 0 Å². The lowest BCUT2D eigenvalue weighted by atomic mass is 10.3. The molecule has 0 radical (unpaired) electrons. The molecule has 0 aliphatic carbocycles. The van der Waals surface area contributed by atoms with Gasteiger partial charge in [-0.2, -0.15) is 0 Å². The first-order valence-electron chi connectivity index (χ1n) is 5.82. The lowest BCUT2D eigenvalue weighted by Gasteiger charge is -2.23. The zero-order valence-corrected chi connectivity index (χ0v) is 11.4. The van der Waals surface area contributed by atoms with Gasteiger partial charge in [-0.15, -0.1) is 0 Å². The summed E-state index contributed by atoms with van der Waals surface area (Å²) in [5.74, 6) is 0. The molecule has 0 saturated heterocycles. The molecule has 90 valence electrons. The summed E-state index contributed by atoms with van der Waals surface area (Å²) in [6, 6.07) is 10.2. The highest BCUT2D eigenvalue weighted by Gasteiger charge is 2.21. The predicted molar refractivity (Wildman–Crippen MR) is 69.9 cm³/mol. The molecular weight excluding hydrogens is 218 g/mol. The summed E-state index contributed by atoms with van der Waals surface area (Å²) < 4.78 is 11.3. The van der Waals surface area contributed by atoms with E-state index in [0.29, 0.717) is 0 Å². The standard InChI is InChI=1S/C12H21NO2Si/c1-4-14-16(15-5-2)11(3)13-12-9-7-6-8-10-12/h6-11,13,16H,4-5H2,1-3H3. The van der Waals surface area contributed by atoms with Crippen LogP contribution in [0.4, 0.5) is 5.69 Å². The van der Waals surface area contributed by atoms with Gasteiger partial charge in [-0.05, 0) is 32.9 Å². The summed E-state index contributed by atoms with van der Waals surface area (Å²) in [4.78, 5) is 0. The summed E-state index contributed by atoms with van der Waals surface area (Å²) >= 11 is 0. The largest absolute Gasteiger partial charge is 0.396 e. The number of benzene rings is 1. The molecule has 4 heteroatoms. The molecular formula is C12H21NO2Si. The zero-order valence-electron chi connectivity index (χ0n) is 10.3. The fourth-order valence-corrected chi connectivity index (χ4v) is 3.19. The van der Waals surface area contributed by atoms with E-state index in [2.05, 4.69) is 24.4 Å². The summed E-state index contributed by atoms with van der Waals surface area (Å²) in [5.41, 5.74) is 1.38. The Balaban J connectivity index is 2.51. The summed E-state index contributed by atoms with van der Waals surface area (Å²) in [5, 5.41) is 3.42. The van der Waals surface area contributed by atoms with Gasteiger partial charge in [0, 0.05) is 18.9 Å². The van der Waals surface area contributed by atoms with Gasteiger partial charge in [0.2, 0.25) is 0 Å². The van der Waals surface area contributed by atoms with E-state index in [9.17, 15) is 0 Å². The van der Waals surface area contributed by atoms with Crippen molar-refractivity contribution in [3.8, 4) is 0 Å². The van der Waals surface area contributed by atoms with Crippen LogP contribution in [0.2, 0.25) is 0 Å². The van der Waals surface area contributed by atoms with E-state index < -0.39 is 9.28 Å². The highest BCUT2D eigenvalue weighted by atomic mass is 28.3. The molecule has 0 bridgehead atoms. The van der Waals surface area contributed by atoms with E-state index in [4.69, 9.17) is 8.85 Å². The third-order valence-corrected chi connectivity index (χ3v) is 4.55. The quantitative estimate of drug-likeness (QED) is 0.741. The summed E-state index contributed by atoms with van der Waals surface area (Å²) in [6.07, 6.45) is 0. The Bertz CT molecular complexity index is 276. The van der Waals surface area contributed by atoms with Crippen LogP contribution in [0.5, 0.6) is 0 Å². The minimum atomic E-state index is -1.61. The van der Waals surface area contributed by atoms with Gasteiger partial charge < -0.3 is 14.2 Å². The van der Waals surface area contributed by atoms with Crippen LogP contribution in [-0.2, 0) is 8.85 Å². The Morgan fingerprint density at radius 2 is 1.69 bits per heavy atom. The van der Waals surface area contributed by atoms with Crippen molar-refractivity contribution in [3.63, 3.8) is 0 Å². The molecule has 0 fully saturated rings. The highest BCUT2D eigenvalue weighted by Crippen LogP contribution is 2.09. The molecule has 1 N–H and O–H groups in total. The lowest BCUT2D eigenvalue weighted by Crippen LogP contribution is -2.40. The van der Waals surface area contributed by atoms with Crippen LogP contribution in [0.1, 0.15) is 20.8 Å². The van der Waals surface area contributed by atoms with Crippen molar-refractivity contribution < 1.29 is 8.85 Å². The van der Waals surface area contributed by atoms with Crippen molar-refractivity contribution in [1.29, 1.82) is 0 Å². The minimum absolute atomic E-state index is 0.266. The first kappa shape index (κ1) is 13.2. The van der Waals surface area contributed by atoms with Gasteiger partial charge in [0.1, 0.15) is 0 Å². The fraction of sp³-hybridized carbons (Fsp3) is 0.500. The second-order valence-electron chi connectivity index (χ2n) is 3.58. The van der Waals surface area contributed by atoms with E-state index >= 15 is 0 Å². The normalized spacial score (nSPS) is 12.8. The van der Waals surface area contributed by atoms with Crippen molar-refractivity contribution in [2.75, 3.05) is 18.5 Å². The predicted octanol–water partition coefficient (Wildman–Crippen LogP) is 2.32. The van der Waals surface area contributed by atoms with Gasteiger partial charge in [0.05, 0.1) is 5.67 Å². The molecule has 1 unspecified atom stereocenters. The van der Waals surface area contributed by atoms with Gasteiger partial charge in [-0.25, -0.2) is 0 Å². The maximum absolute atomic E-state index is 5.67. The van der Waals surface area contributed by atoms with Crippen molar-refractivity contribution in [3.05, 3.63) is 30.3 Å². The zero-order chi connectivity index (χ0) is 11.8. The fourth-order valence-electron chi connectivity index (χ4n) is 1.53. The number of nitrogens with one attached hydrogen (secondary N) is 1. The molecule has 0 amide bonds. The Labute approximate surface area is 99.6 Å². The molecule has 0 aliphatic heterocycles.